The molecule has 0 aliphatic heterocycles. The quantitative estimate of drug-likeness (QED) is 0.142. The SMILES string of the molecule is CN(C)CCCOC(=O)C=Cc1ccc(O)c2c1CC1CC3CC(=O)C(C([NH3+])=O)=C(O)C3(O)C(=O)C1=C2O. The second-order valence-corrected chi connectivity index (χ2v) is 10.2. The molecule has 0 spiro atoms. The van der Waals surface area contributed by atoms with Gasteiger partial charge in [0.2, 0.25) is 5.78 Å². The van der Waals surface area contributed by atoms with Gasteiger partial charge >= 0.3 is 11.9 Å². The van der Waals surface area contributed by atoms with Crippen LogP contribution in [-0.4, -0.2) is 81.6 Å². The minimum atomic E-state index is -2.57. The van der Waals surface area contributed by atoms with Gasteiger partial charge in [-0.05, 0) is 62.5 Å². The van der Waals surface area contributed by atoms with Crippen molar-refractivity contribution in [2.75, 3.05) is 27.2 Å². The molecule has 1 saturated carbocycles. The number of rotatable bonds is 7. The highest BCUT2D eigenvalue weighted by molar-refractivity contribution is 6.20. The van der Waals surface area contributed by atoms with Crippen LogP contribution in [0.1, 0.15) is 36.0 Å². The molecule has 3 aliphatic carbocycles. The summed E-state index contributed by atoms with van der Waals surface area (Å²) in [7, 11) is 3.83. The number of hydrogen-bond acceptors (Lipinski definition) is 10. The number of esters is 1. The molecule has 11 nitrogen and oxygen atoms in total. The minimum Gasteiger partial charge on any atom is -0.508 e. The fourth-order valence-corrected chi connectivity index (χ4v) is 5.59. The lowest BCUT2D eigenvalue weighted by Gasteiger charge is -2.45. The van der Waals surface area contributed by atoms with Gasteiger partial charge in [-0.2, -0.15) is 0 Å². The highest BCUT2D eigenvalue weighted by atomic mass is 16.5. The number of phenolic OH excluding ortho intramolecular Hbond substituents is 1. The lowest BCUT2D eigenvalue weighted by molar-refractivity contribution is -0.299. The molecule has 202 valence electrons. The second kappa shape index (κ2) is 10.2. The van der Waals surface area contributed by atoms with Crippen LogP contribution >= 0.6 is 0 Å². The number of hydrogen-bond donors (Lipinski definition) is 5. The maximum atomic E-state index is 13.5. The van der Waals surface area contributed by atoms with Crippen molar-refractivity contribution in [3.63, 3.8) is 0 Å². The molecule has 38 heavy (non-hydrogen) atoms. The van der Waals surface area contributed by atoms with E-state index in [0.717, 1.165) is 6.54 Å². The van der Waals surface area contributed by atoms with E-state index in [2.05, 4.69) is 5.73 Å². The summed E-state index contributed by atoms with van der Waals surface area (Å²) in [5.74, 6) is -6.95. The molecular formula is C27H31N2O9+. The topological polar surface area (TPSA) is 189 Å². The molecule has 3 aliphatic rings. The number of ether oxygens (including phenoxy) is 1. The number of carbonyl (C=O) groups is 4. The van der Waals surface area contributed by atoms with Crippen LogP contribution < -0.4 is 5.73 Å². The highest BCUT2D eigenvalue weighted by Gasteiger charge is 2.60. The number of quaternary nitrogens is 1. The first kappa shape index (κ1) is 27.2. The number of carbonyl (C=O) groups excluding carboxylic acids is 4. The fraction of sp³-hybridized carbons (Fsp3) is 0.407. The van der Waals surface area contributed by atoms with Crippen molar-refractivity contribution >= 4 is 35.3 Å². The largest absolute Gasteiger partial charge is 0.508 e. The van der Waals surface area contributed by atoms with Gasteiger partial charge in [-0.1, -0.05) is 6.07 Å². The Morgan fingerprint density at radius 3 is 2.55 bits per heavy atom. The zero-order chi connectivity index (χ0) is 27.9. The van der Waals surface area contributed by atoms with Gasteiger partial charge in [0.25, 0.3) is 0 Å². The second-order valence-electron chi connectivity index (χ2n) is 10.2. The van der Waals surface area contributed by atoms with Crippen LogP contribution in [0.3, 0.4) is 0 Å². The van der Waals surface area contributed by atoms with Crippen LogP contribution in [0.2, 0.25) is 0 Å². The van der Waals surface area contributed by atoms with E-state index < -0.39 is 58.0 Å². The average Bonchev–Trinajstić information content (AvgIpc) is 2.83. The van der Waals surface area contributed by atoms with Crippen LogP contribution in [0, 0.1) is 11.8 Å². The summed E-state index contributed by atoms with van der Waals surface area (Å²) >= 11 is 0. The molecule has 0 aromatic heterocycles. The van der Waals surface area contributed by atoms with Crippen molar-refractivity contribution in [2.24, 2.45) is 11.8 Å². The molecule has 1 fully saturated rings. The molecule has 0 heterocycles. The maximum Gasteiger partial charge on any atom is 0.348 e. The molecule has 7 N–H and O–H groups in total. The van der Waals surface area contributed by atoms with Gasteiger partial charge < -0.3 is 30.1 Å². The third kappa shape index (κ3) is 4.53. The summed E-state index contributed by atoms with van der Waals surface area (Å²) in [6.07, 6.45) is 3.25. The fourth-order valence-electron chi connectivity index (χ4n) is 5.59. The Labute approximate surface area is 218 Å². The van der Waals surface area contributed by atoms with Crippen molar-refractivity contribution in [3.8, 4) is 5.75 Å². The van der Waals surface area contributed by atoms with Crippen LogP contribution in [0.5, 0.6) is 5.75 Å². The van der Waals surface area contributed by atoms with E-state index >= 15 is 0 Å². The van der Waals surface area contributed by atoms with E-state index in [-0.39, 0.29) is 42.8 Å². The first-order chi connectivity index (χ1) is 17.9. The maximum absolute atomic E-state index is 13.5. The van der Waals surface area contributed by atoms with Crippen molar-refractivity contribution in [1.82, 2.24) is 4.90 Å². The lowest BCUT2D eigenvalue weighted by atomic mass is 9.59. The van der Waals surface area contributed by atoms with Crippen LogP contribution in [0.4, 0.5) is 0 Å². The Hall–Kier alpha value is -3.80. The highest BCUT2D eigenvalue weighted by Crippen LogP contribution is 2.52. The third-order valence-corrected chi connectivity index (χ3v) is 7.41. The van der Waals surface area contributed by atoms with E-state index in [4.69, 9.17) is 4.74 Å². The molecule has 1 amide bonds. The number of Topliss-reactive ketones (excluding diaryl/α,β-unsaturated/α-hetero) is 2. The van der Waals surface area contributed by atoms with E-state index in [1.165, 1.54) is 18.2 Å². The lowest BCUT2D eigenvalue weighted by Crippen LogP contribution is -2.63. The van der Waals surface area contributed by atoms with Crippen LogP contribution in [0.25, 0.3) is 11.8 Å². The number of fused-ring (bicyclic) bond motifs is 3. The van der Waals surface area contributed by atoms with Gasteiger partial charge in [0.1, 0.15) is 11.5 Å². The van der Waals surface area contributed by atoms with E-state index in [9.17, 15) is 39.6 Å². The van der Waals surface area contributed by atoms with Gasteiger partial charge in [0.15, 0.2) is 22.7 Å². The predicted octanol–water partition coefficient (Wildman–Crippen LogP) is 0.215. The van der Waals surface area contributed by atoms with Crippen molar-refractivity contribution in [3.05, 3.63) is 51.8 Å². The third-order valence-electron chi connectivity index (χ3n) is 7.41. The number of benzene rings is 1. The summed E-state index contributed by atoms with van der Waals surface area (Å²) in [6, 6.07) is 2.87. The van der Waals surface area contributed by atoms with Crippen molar-refractivity contribution < 1.29 is 50.1 Å². The summed E-state index contributed by atoms with van der Waals surface area (Å²) in [5, 5.41) is 43.6. The predicted molar refractivity (Wildman–Crippen MR) is 133 cm³/mol. The van der Waals surface area contributed by atoms with Gasteiger partial charge in [-0.15, -0.1) is 0 Å². The van der Waals surface area contributed by atoms with E-state index in [1.54, 1.807) is 6.07 Å². The number of nitrogens with zero attached hydrogens (tertiary/aromatic N) is 1. The van der Waals surface area contributed by atoms with Crippen molar-refractivity contribution in [2.45, 2.75) is 31.3 Å². The smallest absolute Gasteiger partial charge is 0.348 e. The Kier molecular flexibility index (Phi) is 7.29. The molecule has 0 radical (unpaired) electrons. The molecule has 11 heteroatoms. The first-order valence-electron chi connectivity index (χ1n) is 12.3. The average molecular weight is 528 g/mol. The Morgan fingerprint density at radius 1 is 1.18 bits per heavy atom. The Morgan fingerprint density at radius 2 is 1.89 bits per heavy atom. The van der Waals surface area contributed by atoms with Crippen molar-refractivity contribution in [1.29, 1.82) is 0 Å². The molecular weight excluding hydrogens is 496 g/mol. The molecule has 3 atom stereocenters. The molecule has 1 aromatic carbocycles. The molecule has 0 saturated heterocycles. The van der Waals surface area contributed by atoms with E-state index in [0.29, 0.717) is 17.5 Å². The molecule has 0 bridgehead atoms. The van der Waals surface area contributed by atoms with E-state index in [1.807, 2.05) is 19.0 Å². The molecule has 3 unspecified atom stereocenters. The van der Waals surface area contributed by atoms with Gasteiger partial charge in [0, 0.05) is 30.5 Å². The van der Waals surface area contributed by atoms with Crippen LogP contribution in [-0.2, 0) is 30.3 Å². The summed E-state index contributed by atoms with van der Waals surface area (Å²) < 4.78 is 5.20. The zero-order valence-corrected chi connectivity index (χ0v) is 21.2. The number of ketones is 2. The Balaban J connectivity index is 1.69. The standard InChI is InChI=1S/C27H30N2O9/c1-29(2)8-3-9-38-19(32)7-5-13-4-6-17(30)21-16(13)11-14-10-15-12-18(31)22(26(28)36)25(35)27(15,37)24(34)20(14)23(21)33/h4-7,14-15,30,33,35,37H,3,8-12H2,1-2H3,(H2,28,36)/p+1. The summed E-state index contributed by atoms with van der Waals surface area (Å²) in [5.41, 5.74) is 0.576. The normalized spacial score (nSPS) is 25.0. The number of amides is 1. The van der Waals surface area contributed by atoms with Gasteiger partial charge in [0.05, 0.1) is 12.2 Å². The zero-order valence-electron chi connectivity index (χ0n) is 21.2. The summed E-state index contributed by atoms with van der Waals surface area (Å²) in [4.78, 5) is 52.0. The molecule has 1 aromatic rings. The number of aromatic hydroxyl groups is 1. The van der Waals surface area contributed by atoms with Crippen LogP contribution in [0.15, 0.2) is 35.1 Å². The Bertz CT molecular complexity index is 1320. The molecule has 4 rings (SSSR count). The van der Waals surface area contributed by atoms with Gasteiger partial charge in [-0.25, -0.2) is 9.59 Å². The number of aliphatic hydroxyl groups excluding tert-OH is 2. The summed E-state index contributed by atoms with van der Waals surface area (Å²) in [6.45, 7) is 1.01. The first-order valence-corrected chi connectivity index (χ1v) is 12.3. The number of aliphatic hydroxyl groups is 3. The monoisotopic (exact) mass is 527 g/mol. The van der Waals surface area contributed by atoms with Gasteiger partial charge in [-0.3, -0.25) is 15.3 Å². The number of phenols is 1. The minimum absolute atomic E-state index is 0.0306.